The van der Waals surface area contributed by atoms with E-state index in [0.717, 1.165) is 5.56 Å². The molecule has 1 heterocycles. The maximum atomic E-state index is 8.52. The molecular formula is C9H8N2O. The van der Waals surface area contributed by atoms with Gasteiger partial charge < -0.3 is 5.11 Å². The summed E-state index contributed by atoms with van der Waals surface area (Å²) in [4.78, 5) is 3.85. The standard InChI is InChI=1S/C9H8N2O/c10-5-9-4-8(2-1-3-12)6-11-7-9/h1-2,4,6-7,12H,3H2. The lowest BCUT2D eigenvalue weighted by molar-refractivity contribution is 0.343. The van der Waals surface area contributed by atoms with E-state index in [1.54, 1.807) is 24.4 Å². The summed E-state index contributed by atoms with van der Waals surface area (Å²) in [7, 11) is 0. The first-order chi connectivity index (χ1) is 5.86. The Kier molecular flexibility index (Phi) is 3.00. The predicted octanol–water partition coefficient (Wildman–Crippen LogP) is 0.959. The van der Waals surface area contributed by atoms with Gasteiger partial charge in [0.1, 0.15) is 6.07 Å². The molecule has 0 saturated heterocycles. The largest absolute Gasteiger partial charge is 0.392 e. The van der Waals surface area contributed by atoms with Crippen molar-refractivity contribution in [2.24, 2.45) is 0 Å². The zero-order valence-corrected chi connectivity index (χ0v) is 6.44. The molecule has 0 unspecified atom stereocenters. The van der Waals surface area contributed by atoms with E-state index < -0.39 is 0 Å². The molecule has 0 aliphatic heterocycles. The number of aliphatic hydroxyl groups is 1. The smallest absolute Gasteiger partial charge is 0.101 e. The van der Waals surface area contributed by atoms with Gasteiger partial charge in [0.25, 0.3) is 0 Å². The predicted molar refractivity (Wildman–Crippen MR) is 45.1 cm³/mol. The third-order valence-corrected chi connectivity index (χ3v) is 1.30. The lowest BCUT2D eigenvalue weighted by Gasteiger charge is -1.91. The molecule has 0 aliphatic carbocycles. The van der Waals surface area contributed by atoms with Gasteiger partial charge in [-0.3, -0.25) is 4.98 Å². The lowest BCUT2D eigenvalue weighted by atomic mass is 10.2. The quantitative estimate of drug-likeness (QED) is 0.701. The van der Waals surface area contributed by atoms with Crippen molar-refractivity contribution in [3.63, 3.8) is 0 Å². The molecule has 0 radical (unpaired) electrons. The van der Waals surface area contributed by atoms with Gasteiger partial charge in [0.15, 0.2) is 0 Å². The number of nitrogens with zero attached hydrogens (tertiary/aromatic N) is 2. The van der Waals surface area contributed by atoms with Crippen LogP contribution < -0.4 is 0 Å². The van der Waals surface area contributed by atoms with Gasteiger partial charge in [-0.15, -0.1) is 0 Å². The minimum absolute atomic E-state index is 0.00319. The Labute approximate surface area is 70.6 Å². The van der Waals surface area contributed by atoms with Crippen molar-refractivity contribution >= 4 is 6.08 Å². The Morgan fingerprint density at radius 2 is 2.42 bits per heavy atom. The summed E-state index contributed by atoms with van der Waals surface area (Å²) in [6, 6.07) is 3.69. The summed E-state index contributed by atoms with van der Waals surface area (Å²) in [5.41, 5.74) is 1.35. The summed E-state index contributed by atoms with van der Waals surface area (Å²) in [6.07, 6.45) is 6.44. The molecule has 1 rings (SSSR count). The Morgan fingerprint density at radius 1 is 1.58 bits per heavy atom. The summed E-state index contributed by atoms with van der Waals surface area (Å²) in [5.74, 6) is 0. The number of rotatable bonds is 2. The van der Waals surface area contributed by atoms with Crippen molar-refractivity contribution in [3.8, 4) is 6.07 Å². The molecule has 60 valence electrons. The van der Waals surface area contributed by atoms with Crippen LogP contribution in [0.15, 0.2) is 24.5 Å². The van der Waals surface area contributed by atoms with E-state index in [0.29, 0.717) is 5.56 Å². The number of aliphatic hydroxyl groups excluding tert-OH is 1. The second-order valence-corrected chi connectivity index (χ2v) is 2.20. The van der Waals surface area contributed by atoms with Gasteiger partial charge in [0.2, 0.25) is 0 Å². The van der Waals surface area contributed by atoms with E-state index >= 15 is 0 Å². The fourth-order valence-corrected chi connectivity index (χ4v) is 0.799. The molecule has 3 heteroatoms. The number of pyridine rings is 1. The zero-order valence-electron chi connectivity index (χ0n) is 6.44. The molecule has 0 spiro atoms. The normalized spacial score (nSPS) is 10.0. The second-order valence-electron chi connectivity index (χ2n) is 2.20. The summed E-state index contributed by atoms with van der Waals surface area (Å²) < 4.78 is 0. The summed E-state index contributed by atoms with van der Waals surface area (Å²) in [5, 5.41) is 17.0. The highest BCUT2D eigenvalue weighted by Crippen LogP contribution is 2.02. The lowest BCUT2D eigenvalue weighted by Crippen LogP contribution is -1.81. The van der Waals surface area contributed by atoms with Gasteiger partial charge in [-0.05, 0) is 11.6 Å². The Morgan fingerprint density at radius 3 is 3.08 bits per heavy atom. The highest BCUT2D eigenvalue weighted by molar-refractivity contribution is 5.50. The molecular weight excluding hydrogens is 152 g/mol. The monoisotopic (exact) mass is 160 g/mol. The molecule has 1 N–H and O–H groups in total. The van der Waals surface area contributed by atoms with Gasteiger partial charge in [0, 0.05) is 12.4 Å². The Hall–Kier alpha value is -1.66. The Bertz CT molecular complexity index is 326. The van der Waals surface area contributed by atoms with Gasteiger partial charge in [-0.1, -0.05) is 12.2 Å². The molecule has 1 aromatic heterocycles. The molecule has 0 saturated carbocycles. The van der Waals surface area contributed by atoms with Crippen LogP contribution in [-0.2, 0) is 0 Å². The first-order valence-corrected chi connectivity index (χ1v) is 3.49. The van der Waals surface area contributed by atoms with Crippen molar-refractivity contribution < 1.29 is 5.11 Å². The average Bonchev–Trinajstić information content (AvgIpc) is 2.15. The van der Waals surface area contributed by atoms with E-state index in [1.165, 1.54) is 6.20 Å². The second kappa shape index (κ2) is 4.27. The molecule has 12 heavy (non-hydrogen) atoms. The van der Waals surface area contributed by atoms with Gasteiger partial charge >= 0.3 is 0 Å². The van der Waals surface area contributed by atoms with Crippen LogP contribution in [0.25, 0.3) is 6.08 Å². The number of aromatic nitrogens is 1. The zero-order chi connectivity index (χ0) is 8.81. The maximum absolute atomic E-state index is 8.52. The van der Waals surface area contributed by atoms with Gasteiger partial charge in [-0.2, -0.15) is 5.26 Å². The van der Waals surface area contributed by atoms with E-state index in [9.17, 15) is 0 Å². The summed E-state index contributed by atoms with van der Waals surface area (Å²) >= 11 is 0. The van der Waals surface area contributed by atoms with Crippen molar-refractivity contribution in [2.45, 2.75) is 0 Å². The molecule has 0 aromatic carbocycles. The highest BCUT2D eigenvalue weighted by Gasteiger charge is 1.90. The van der Waals surface area contributed by atoms with Crippen LogP contribution in [-0.4, -0.2) is 16.7 Å². The van der Waals surface area contributed by atoms with Crippen LogP contribution in [0, 0.1) is 11.3 Å². The van der Waals surface area contributed by atoms with Crippen molar-refractivity contribution in [3.05, 3.63) is 35.7 Å². The topological polar surface area (TPSA) is 56.9 Å². The molecule has 0 aliphatic rings. The molecule has 0 fully saturated rings. The van der Waals surface area contributed by atoms with Gasteiger partial charge in [0.05, 0.1) is 12.2 Å². The number of hydrogen-bond acceptors (Lipinski definition) is 3. The minimum atomic E-state index is -0.00319. The molecule has 0 bridgehead atoms. The fraction of sp³-hybridized carbons (Fsp3) is 0.111. The SMILES string of the molecule is N#Cc1cncc(C=CCO)c1. The number of hydrogen-bond donors (Lipinski definition) is 1. The van der Waals surface area contributed by atoms with Crippen LogP contribution in [0.1, 0.15) is 11.1 Å². The van der Waals surface area contributed by atoms with Crippen molar-refractivity contribution in [2.75, 3.05) is 6.61 Å². The number of nitriles is 1. The van der Waals surface area contributed by atoms with E-state index in [4.69, 9.17) is 10.4 Å². The van der Waals surface area contributed by atoms with Crippen LogP contribution in [0.2, 0.25) is 0 Å². The Balaban J connectivity index is 2.88. The maximum Gasteiger partial charge on any atom is 0.101 e. The third-order valence-electron chi connectivity index (χ3n) is 1.30. The molecule has 0 atom stereocenters. The summed E-state index contributed by atoms with van der Waals surface area (Å²) in [6.45, 7) is -0.00319. The first kappa shape index (κ1) is 8.44. The first-order valence-electron chi connectivity index (χ1n) is 3.49. The van der Waals surface area contributed by atoms with Crippen LogP contribution >= 0.6 is 0 Å². The van der Waals surface area contributed by atoms with Crippen LogP contribution in [0.3, 0.4) is 0 Å². The van der Waals surface area contributed by atoms with Crippen LogP contribution in [0.5, 0.6) is 0 Å². The van der Waals surface area contributed by atoms with E-state index in [-0.39, 0.29) is 6.61 Å². The van der Waals surface area contributed by atoms with Crippen LogP contribution in [0.4, 0.5) is 0 Å². The molecule has 1 aromatic rings. The molecule has 0 amide bonds. The molecule has 3 nitrogen and oxygen atoms in total. The van der Waals surface area contributed by atoms with Crippen molar-refractivity contribution in [1.29, 1.82) is 5.26 Å². The average molecular weight is 160 g/mol. The highest BCUT2D eigenvalue weighted by atomic mass is 16.2. The van der Waals surface area contributed by atoms with E-state index in [1.807, 2.05) is 6.07 Å². The van der Waals surface area contributed by atoms with Crippen molar-refractivity contribution in [1.82, 2.24) is 4.98 Å². The minimum Gasteiger partial charge on any atom is -0.392 e. The van der Waals surface area contributed by atoms with E-state index in [2.05, 4.69) is 4.98 Å². The van der Waals surface area contributed by atoms with Gasteiger partial charge in [-0.25, -0.2) is 0 Å². The fourth-order valence-electron chi connectivity index (χ4n) is 0.799. The third kappa shape index (κ3) is 2.19.